The SMILES string of the molecule is Cc1ccccc1NC(=O)N1C[C@@H](O)[C@H](NCCc2cnc[nH]2)C1. The number of urea groups is 1. The minimum absolute atomic E-state index is 0.115. The molecule has 128 valence electrons. The number of aliphatic hydroxyl groups excluding tert-OH is 1. The maximum absolute atomic E-state index is 12.4. The van der Waals surface area contributed by atoms with E-state index in [0.717, 1.165) is 29.9 Å². The molecule has 7 heteroatoms. The van der Waals surface area contributed by atoms with Crippen molar-refractivity contribution in [3.63, 3.8) is 0 Å². The minimum atomic E-state index is -0.561. The molecule has 0 aliphatic carbocycles. The van der Waals surface area contributed by atoms with Crippen molar-refractivity contribution in [2.75, 3.05) is 25.0 Å². The Labute approximate surface area is 141 Å². The number of rotatable bonds is 5. The number of hydrogen-bond acceptors (Lipinski definition) is 4. The summed E-state index contributed by atoms with van der Waals surface area (Å²) in [6.07, 6.45) is 3.68. The maximum Gasteiger partial charge on any atom is 0.321 e. The van der Waals surface area contributed by atoms with Crippen LogP contribution in [-0.2, 0) is 6.42 Å². The van der Waals surface area contributed by atoms with Gasteiger partial charge in [0.05, 0.1) is 18.5 Å². The third-order valence-electron chi connectivity index (χ3n) is 4.32. The standard InChI is InChI=1S/C17H23N5O2/c1-12-4-2-3-5-14(12)21-17(24)22-9-15(16(23)10-22)19-7-6-13-8-18-11-20-13/h2-5,8,11,15-16,19,23H,6-7,9-10H2,1H3,(H,18,20)(H,21,24)/t15-,16-/m1/s1. The molecule has 1 aliphatic rings. The fraction of sp³-hybridized carbons (Fsp3) is 0.412. The van der Waals surface area contributed by atoms with Crippen molar-refractivity contribution in [2.45, 2.75) is 25.5 Å². The molecule has 1 aromatic heterocycles. The molecule has 0 radical (unpaired) electrons. The number of hydrogen-bond donors (Lipinski definition) is 4. The van der Waals surface area contributed by atoms with E-state index in [0.29, 0.717) is 13.1 Å². The van der Waals surface area contributed by atoms with Gasteiger partial charge in [0.15, 0.2) is 0 Å². The summed E-state index contributed by atoms with van der Waals surface area (Å²) in [4.78, 5) is 21.0. The topological polar surface area (TPSA) is 93.3 Å². The fourth-order valence-corrected chi connectivity index (χ4v) is 2.87. The number of β-amino-alcohol motifs (C(OH)–C–C–N with tert-alkyl or cyclic N) is 1. The molecule has 2 atom stereocenters. The van der Waals surface area contributed by atoms with Crippen LogP contribution in [0, 0.1) is 6.92 Å². The van der Waals surface area contributed by atoms with Crippen LogP contribution in [-0.4, -0.2) is 57.8 Å². The molecule has 1 aromatic carbocycles. The molecular formula is C17H23N5O2. The zero-order valence-corrected chi connectivity index (χ0v) is 13.7. The normalized spacial score (nSPS) is 20.3. The van der Waals surface area contributed by atoms with Crippen LogP contribution in [0.1, 0.15) is 11.3 Å². The minimum Gasteiger partial charge on any atom is -0.390 e. The molecule has 1 fully saturated rings. The summed E-state index contributed by atoms with van der Waals surface area (Å²) < 4.78 is 0. The molecule has 1 aliphatic heterocycles. The first-order valence-electron chi connectivity index (χ1n) is 8.14. The van der Waals surface area contributed by atoms with Gasteiger partial charge in [-0.2, -0.15) is 0 Å². The molecule has 24 heavy (non-hydrogen) atoms. The lowest BCUT2D eigenvalue weighted by atomic mass is 10.2. The first-order chi connectivity index (χ1) is 11.6. The highest BCUT2D eigenvalue weighted by molar-refractivity contribution is 5.90. The number of benzene rings is 1. The Hall–Kier alpha value is -2.38. The van der Waals surface area contributed by atoms with E-state index in [-0.39, 0.29) is 12.1 Å². The highest BCUT2D eigenvalue weighted by atomic mass is 16.3. The molecule has 2 heterocycles. The van der Waals surface area contributed by atoms with Crippen LogP contribution >= 0.6 is 0 Å². The second-order valence-corrected chi connectivity index (χ2v) is 6.10. The van der Waals surface area contributed by atoms with Crippen LogP contribution in [0.25, 0.3) is 0 Å². The van der Waals surface area contributed by atoms with E-state index in [4.69, 9.17) is 0 Å². The summed E-state index contributed by atoms with van der Waals surface area (Å²) in [6, 6.07) is 7.36. The van der Waals surface area contributed by atoms with Gasteiger partial charge in [0.2, 0.25) is 0 Å². The Kier molecular flexibility index (Phi) is 5.12. The monoisotopic (exact) mass is 329 g/mol. The number of likely N-dealkylation sites (tertiary alicyclic amines) is 1. The molecule has 2 aromatic rings. The van der Waals surface area contributed by atoms with Crippen LogP contribution in [0.2, 0.25) is 0 Å². The van der Waals surface area contributed by atoms with Gasteiger partial charge < -0.3 is 25.6 Å². The number of aromatic nitrogens is 2. The average molecular weight is 329 g/mol. The number of aromatic amines is 1. The van der Waals surface area contributed by atoms with Crippen molar-refractivity contribution < 1.29 is 9.90 Å². The van der Waals surface area contributed by atoms with Crippen LogP contribution in [0.5, 0.6) is 0 Å². The average Bonchev–Trinajstić information content (AvgIpc) is 3.20. The molecule has 0 spiro atoms. The highest BCUT2D eigenvalue weighted by Gasteiger charge is 2.33. The Morgan fingerprint density at radius 1 is 1.42 bits per heavy atom. The second-order valence-electron chi connectivity index (χ2n) is 6.10. The van der Waals surface area contributed by atoms with Crippen LogP contribution in [0.3, 0.4) is 0 Å². The van der Waals surface area contributed by atoms with E-state index >= 15 is 0 Å². The summed E-state index contributed by atoms with van der Waals surface area (Å²) in [5.74, 6) is 0. The molecular weight excluding hydrogens is 306 g/mol. The van der Waals surface area contributed by atoms with E-state index in [1.54, 1.807) is 17.4 Å². The summed E-state index contributed by atoms with van der Waals surface area (Å²) >= 11 is 0. The molecule has 4 N–H and O–H groups in total. The number of nitrogens with one attached hydrogen (secondary N) is 3. The van der Waals surface area contributed by atoms with Gasteiger partial charge in [-0.25, -0.2) is 9.78 Å². The summed E-state index contributed by atoms with van der Waals surface area (Å²) in [5.41, 5.74) is 2.86. The lowest BCUT2D eigenvalue weighted by molar-refractivity contribution is 0.156. The van der Waals surface area contributed by atoms with E-state index < -0.39 is 6.10 Å². The van der Waals surface area contributed by atoms with E-state index in [1.807, 2.05) is 31.2 Å². The Bertz CT molecular complexity index is 673. The largest absolute Gasteiger partial charge is 0.390 e. The molecule has 1 saturated heterocycles. The van der Waals surface area contributed by atoms with Crippen molar-refractivity contribution in [1.82, 2.24) is 20.2 Å². The maximum atomic E-state index is 12.4. The smallest absolute Gasteiger partial charge is 0.321 e. The zero-order chi connectivity index (χ0) is 16.9. The van der Waals surface area contributed by atoms with Gasteiger partial charge in [-0.1, -0.05) is 18.2 Å². The number of para-hydroxylation sites is 1. The predicted octanol–water partition coefficient (Wildman–Crippen LogP) is 1.13. The van der Waals surface area contributed by atoms with Gasteiger partial charge in [-0.05, 0) is 18.6 Å². The fourth-order valence-electron chi connectivity index (χ4n) is 2.87. The van der Waals surface area contributed by atoms with E-state index in [2.05, 4.69) is 20.6 Å². The summed E-state index contributed by atoms with van der Waals surface area (Å²) in [5, 5.41) is 16.4. The van der Waals surface area contributed by atoms with Gasteiger partial charge in [0.1, 0.15) is 0 Å². The van der Waals surface area contributed by atoms with Crippen molar-refractivity contribution in [1.29, 1.82) is 0 Å². The number of nitrogens with zero attached hydrogens (tertiary/aromatic N) is 2. The third-order valence-corrected chi connectivity index (χ3v) is 4.32. The number of carbonyl (C=O) groups is 1. The van der Waals surface area contributed by atoms with Gasteiger partial charge >= 0.3 is 6.03 Å². The van der Waals surface area contributed by atoms with Gasteiger partial charge in [0.25, 0.3) is 0 Å². The summed E-state index contributed by atoms with van der Waals surface area (Å²) in [7, 11) is 0. The zero-order valence-electron chi connectivity index (χ0n) is 13.7. The van der Waals surface area contributed by atoms with Crippen molar-refractivity contribution in [2.24, 2.45) is 0 Å². The summed E-state index contributed by atoms with van der Waals surface area (Å²) in [6.45, 7) is 3.49. The molecule has 7 nitrogen and oxygen atoms in total. The van der Waals surface area contributed by atoms with Gasteiger partial charge in [-0.3, -0.25) is 0 Å². The highest BCUT2D eigenvalue weighted by Crippen LogP contribution is 2.16. The Morgan fingerprint density at radius 2 is 2.25 bits per heavy atom. The number of amides is 2. The third kappa shape index (κ3) is 3.93. The van der Waals surface area contributed by atoms with Crippen molar-refractivity contribution in [3.8, 4) is 0 Å². The first kappa shape index (κ1) is 16.5. The van der Waals surface area contributed by atoms with Gasteiger partial charge in [0, 0.05) is 43.6 Å². The van der Waals surface area contributed by atoms with Crippen LogP contribution in [0.4, 0.5) is 10.5 Å². The molecule has 3 rings (SSSR count). The number of aryl methyl sites for hydroxylation is 1. The number of aliphatic hydroxyl groups is 1. The number of anilines is 1. The molecule has 2 amide bonds. The molecule has 0 bridgehead atoms. The molecule has 0 unspecified atom stereocenters. The first-order valence-corrected chi connectivity index (χ1v) is 8.14. The second kappa shape index (κ2) is 7.46. The van der Waals surface area contributed by atoms with Crippen molar-refractivity contribution in [3.05, 3.63) is 48.0 Å². The predicted molar refractivity (Wildman–Crippen MR) is 91.9 cm³/mol. The number of H-pyrrole nitrogens is 1. The quantitative estimate of drug-likeness (QED) is 0.661. The number of imidazole rings is 1. The van der Waals surface area contributed by atoms with Crippen LogP contribution in [0.15, 0.2) is 36.8 Å². The van der Waals surface area contributed by atoms with Gasteiger partial charge in [-0.15, -0.1) is 0 Å². The molecule has 0 saturated carbocycles. The lowest BCUT2D eigenvalue weighted by Crippen LogP contribution is -2.40. The number of carbonyl (C=O) groups excluding carboxylic acids is 1. The van der Waals surface area contributed by atoms with Crippen LogP contribution < -0.4 is 10.6 Å². The van der Waals surface area contributed by atoms with E-state index in [1.165, 1.54) is 0 Å². The Balaban J connectivity index is 1.49. The Morgan fingerprint density at radius 3 is 3.00 bits per heavy atom. The van der Waals surface area contributed by atoms with E-state index in [9.17, 15) is 9.90 Å². The lowest BCUT2D eigenvalue weighted by Gasteiger charge is -2.18. The van der Waals surface area contributed by atoms with Crippen molar-refractivity contribution >= 4 is 11.7 Å².